The molecular formula is C24H29ClN2O2. The zero-order chi connectivity index (χ0) is 21.2. The summed E-state index contributed by atoms with van der Waals surface area (Å²) in [7, 11) is 0. The van der Waals surface area contributed by atoms with Gasteiger partial charge in [0.15, 0.2) is 0 Å². The van der Waals surface area contributed by atoms with Crippen molar-refractivity contribution in [1.29, 1.82) is 0 Å². The van der Waals surface area contributed by atoms with E-state index < -0.39 is 0 Å². The molecule has 154 valence electrons. The van der Waals surface area contributed by atoms with Gasteiger partial charge in [-0.2, -0.15) is 0 Å². The van der Waals surface area contributed by atoms with Crippen LogP contribution in [0.1, 0.15) is 57.4 Å². The largest absolute Gasteiger partial charge is 0.342 e. The molecule has 2 aromatic rings. The van der Waals surface area contributed by atoms with Gasteiger partial charge < -0.3 is 9.88 Å². The van der Waals surface area contributed by atoms with Crippen molar-refractivity contribution >= 4 is 23.1 Å². The summed E-state index contributed by atoms with van der Waals surface area (Å²) in [4.78, 5) is 29.0. The fraction of sp³-hybridized carbons (Fsp3) is 0.417. The Kier molecular flexibility index (Phi) is 6.33. The number of hydrogen-bond donors (Lipinski definition) is 1. The van der Waals surface area contributed by atoms with E-state index in [2.05, 4.69) is 56.1 Å². The van der Waals surface area contributed by atoms with E-state index in [1.54, 1.807) is 6.07 Å². The molecule has 1 aromatic heterocycles. The van der Waals surface area contributed by atoms with E-state index in [9.17, 15) is 9.59 Å². The minimum absolute atomic E-state index is 0.0729. The van der Waals surface area contributed by atoms with Crippen molar-refractivity contribution < 1.29 is 4.79 Å². The number of amides is 1. The maximum atomic E-state index is 12.1. The molecule has 1 aliphatic heterocycles. The van der Waals surface area contributed by atoms with Gasteiger partial charge in [0.2, 0.25) is 5.91 Å². The lowest BCUT2D eigenvalue weighted by molar-refractivity contribution is -0.129. The van der Waals surface area contributed by atoms with Gasteiger partial charge in [0.05, 0.1) is 0 Å². The fourth-order valence-electron chi connectivity index (χ4n) is 3.71. The Labute approximate surface area is 177 Å². The van der Waals surface area contributed by atoms with Crippen molar-refractivity contribution in [3.05, 3.63) is 74.7 Å². The second-order valence-electron chi connectivity index (χ2n) is 8.70. The van der Waals surface area contributed by atoms with Gasteiger partial charge in [-0.05, 0) is 41.0 Å². The lowest BCUT2D eigenvalue weighted by Gasteiger charge is -2.20. The van der Waals surface area contributed by atoms with Gasteiger partial charge in [-0.1, -0.05) is 69.6 Å². The molecule has 0 saturated carbocycles. The Balaban J connectivity index is 1.99. The Bertz CT molecular complexity index is 968. The predicted molar refractivity (Wildman–Crippen MR) is 119 cm³/mol. The molecule has 29 heavy (non-hydrogen) atoms. The number of benzene rings is 1. The zero-order valence-corrected chi connectivity index (χ0v) is 18.3. The van der Waals surface area contributed by atoms with E-state index in [1.165, 1.54) is 5.56 Å². The number of aromatic amines is 1. The van der Waals surface area contributed by atoms with E-state index in [4.69, 9.17) is 11.6 Å². The van der Waals surface area contributed by atoms with Crippen LogP contribution < -0.4 is 5.56 Å². The fourth-order valence-corrected chi connectivity index (χ4v) is 3.82. The van der Waals surface area contributed by atoms with Gasteiger partial charge in [0.25, 0.3) is 5.56 Å². The van der Waals surface area contributed by atoms with Crippen LogP contribution in [0, 0.1) is 5.92 Å². The molecule has 0 radical (unpaired) electrons. The summed E-state index contributed by atoms with van der Waals surface area (Å²) in [5, 5.41) is 0.178. The van der Waals surface area contributed by atoms with Crippen molar-refractivity contribution in [2.24, 2.45) is 5.92 Å². The SMILES string of the molecule is CCC(=O)N1CCC(/C=C(\c2ccc(C(C)(C)C)cc2)c2ccc(Cl)c(=O)[nH]2)C1. The maximum absolute atomic E-state index is 12.1. The minimum Gasteiger partial charge on any atom is -0.342 e. The van der Waals surface area contributed by atoms with E-state index in [0.717, 1.165) is 29.8 Å². The number of rotatable bonds is 4. The summed E-state index contributed by atoms with van der Waals surface area (Å²) in [5.74, 6) is 0.443. The standard InChI is InChI=1S/C24H29ClN2O2/c1-5-22(28)27-13-12-16(15-27)14-19(21-11-10-20(25)23(29)26-21)17-6-8-18(9-7-17)24(2,3)4/h6-11,14,16H,5,12-13,15H2,1-4H3,(H,26,29)/b19-14+. The zero-order valence-electron chi connectivity index (χ0n) is 17.6. The molecule has 1 fully saturated rings. The van der Waals surface area contributed by atoms with Crippen molar-refractivity contribution in [1.82, 2.24) is 9.88 Å². The van der Waals surface area contributed by atoms with Crippen LogP contribution in [-0.2, 0) is 10.2 Å². The molecule has 1 N–H and O–H groups in total. The predicted octanol–water partition coefficient (Wildman–Crippen LogP) is 5.02. The number of H-pyrrole nitrogens is 1. The van der Waals surface area contributed by atoms with Crippen LogP contribution in [-0.4, -0.2) is 28.9 Å². The van der Waals surface area contributed by atoms with Crippen LogP contribution in [0.3, 0.4) is 0 Å². The molecule has 1 amide bonds. The van der Waals surface area contributed by atoms with Crippen molar-refractivity contribution in [2.75, 3.05) is 13.1 Å². The van der Waals surface area contributed by atoms with Crippen LogP contribution in [0.2, 0.25) is 5.02 Å². The summed E-state index contributed by atoms with van der Waals surface area (Å²) in [6.07, 6.45) is 3.64. The lowest BCUT2D eigenvalue weighted by atomic mass is 9.85. The highest BCUT2D eigenvalue weighted by Crippen LogP contribution is 2.30. The Morgan fingerprint density at radius 1 is 1.21 bits per heavy atom. The summed E-state index contributed by atoms with van der Waals surface area (Å²) in [6, 6.07) is 12.0. The second kappa shape index (κ2) is 8.58. The molecule has 5 heteroatoms. The van der Waals surface area contributed by atoms with Crippen molar-refractivity contribution in [3.8, 4) is 0 Å². The normalized spacial score (nSPS) is 17.6. The van der Waals surface area contributed by atoms with Gasteiger partial charge in [0, 0.05) is 30.8 Å². The van der Waals surface area contributed by atoms with E-state index in [-0.39, 0.29) is 27.8 Å². The third-order valence-corrected chi connectivity index (χ3v) is 5.79. The van der Waals surface area contributed by atoms with Gasteiger partial charge in [-0.15, -0.1) is 0 Å². The van der Waals surface area contributed by atoms with Crippen LogP contribution >= 0.6 is 11.6 Å². The highest BCUT2D eigenvalue weighted by atomic mass is 35.5. The smallest absolute Gasteiger partial charge is 0.267 e. The monoisotopic (exact) mass is 412 g/mol. The summed E-state index contributed by atoms with van der Waals surface area (Å²) in [6.45, 7) is 9.95. The average Bonchev–Trinajstić information content (AvgIpc) is 3.16. The van der Waals surface area contributed by atoms with E-state index in [0.29, 0.717) is 13.0 Å². The Morgan fingerprint density at radius 2 is 1.90 bits per heavy atom. The number of nitrogens with zero attached hydrogens (tertiary/aromatic N) is 1. The van der Waals surface area contributed by atoms with Crippen LogP contribution in [0.25, 0.3) is 5.57 Å². The molecule has 1 saturated heterocycles. The first-order valence-corrected chi connectivity index (χ1v) is 10.6. The highest BCUT2D eigenvalue weighted by molar-refractivity contribution is 6.30. The number of nitrogens with one attached hydrogen (secondary N) is 1. The molecule has 0 bridgehead atoms. The molecule has 0 aliphatic carbocycles. The molecule has 0 spiro atoms. The van der Waals surface area contributed by atoms with Gasteiger partial charge in [-0.25, -0.2) is 0 Å². The van der Waals surface area contributed by atoms with Gasteiger partial charge >= 0.3 is 0 Å². The topological polar surface area (TPSA) is 53.2 Å². The lowest BCUT2D eigenvalue weighted by Crippen LogP contribution is -2.27. The first kappa shape index (κ1) is 21.4. The molecule has 2 heterocycles. The molecule has 1 aliphatic rings. The quantitative estimate of drug-likeness (QED) is 0.766. The third-order valence-electron chi connectivity index (χ3n) is 5.50. The van der Waals surface area contributed by atoms with Crippen LogP contribution in [0.5, 0.6) is 0 Å². The van der Waals surface area contributed by atoms with Gasteiger partial charge in [-0.3, -0.25) is 9.59 Å². The Hall–Kier alpha value is -2.33. The molecule has 1 unspecified atom stereocenters. The number of halogens is 1. The number of pyridine rings is 1. The molecule has 1 aromatic carbocycles. The van der Waals surface area contributed by atoms with E-state index in [1.807, 2.05) is 17.9 Å². The van der Waals surface area contributed by atoms with E-state index >= 15 is 0 Å². The number of hydrogen-bond acceptors (Lipinski definition) is 2. The summed E-state index contributed by atoms with van der Waals surface area (Å²) >= 11 is 5.94. The molecule has 4 nitrogen and oxygen atoms in total. The third kappa shape index (κ3) is 4.99. The molecule has 1 atom stereocenters. The summed E-state index contributed by atoms with van der Waals surface area (Å²) in [5.41, 5.74) is 3.78. The number of aromatic nitrogens is 1. The van der Waals surface area contributed by atoms with Crippen LogP contribution in [0.4, 0.5) is 0 Å². The first-order valence-electron chi connectivity index (χ1n) is 10.2. The van der Waals surface area contributed by atoms with Crippen molar-refractivity contribution in [2.45, 2.75) is 46.0 Å². The van der Waals surface area contributed by atoms with Crippen LogP contribution in [0.15, 0.2) is 47.3 Å². The molecular weight excluding hydrogens is 384 g/mol. The molecule has 3 rings (SSSR count). The number of carbonyl (C=O) groups excluding carboxylic acids is 1. The number of carbonyl (C=O) groups is 1. The first-order chi connectivity index (χ1) is 13.7. The van der Waals surface area contributed by atoms with Gasteiger partial charge in [0.1, 0.15) is 5.02 Å². The maximum Gasteiger partial charge on any atom is 0.267 e. The minimum atomic E-state index is -0.296. The Morgan fingerprint density at radius 3 is 2.48 bits per heavy atom. The second-order valence-corrected chi connectivity index (χ2v) is 9.11. The van der Waals surface area contributed by atoms with Crippen molar-refractivity contribution in [3.63, 3.8) is 0 Å². The number of likely N-dealkylation sites (tertiary alicyclic amines) is 1. The summed E-state index contributed by atoms with van der Waals surface area (Å²) < 4.78 is 0. The highest BCUT2D eigenvalue weighted by Gasteiger charge is 2.25. The average molecular weight is 413 g/mol.